The Kier molecular flexibility index (Phi) is 4.83. The zero-order valence-corrected chi connectivity index (χ0v) is 13.4. The van der Waals surface area contributed by atoms with E-state index in [4.69, 9.17) is 4.52 Å². The standard InChI is InChI=1S/C18H15F2N3O2/c1-23(18(24)13-3-2-4-15(20)11-13)10-9-16-21-17(25-22-16)12-5-7-14(19)8-6-12/h2-8,11H,9-10H2,1H3. The Hall–Kier alpha value is -3.09. The molecule has 0 saturated heterocycles. The average Bonchev–Trinajstić information content (AvgIpc) is 3.08. The van der Waals surface area contributed by atoms with Gasteiger partial charge in [-0.2, -0.15) is 4.98 Å². The third-order valence-corrected chi connectivity index (χ3v) is 3.65. The molecule has 0 unspecified atom stereocenters. The summed E-state index contributed by atoms with van der Waals surface area (Å²) in [5.74, 6) is -0.378. The van der Waals surface area contributed by atoms with E-state index < -0.39 is 5.82 Å². The maximum Gasteiger partial charge on any atom is 0.257 e. The number of hydrogen-bond acceptors (Lipinski definition) is 4. The van der Waals surface area contributed by atoms with Gasteiger partial charge in [-0.15, -0.1) is 0 Å². The molecule has 0 atom stereocenters. The molecule has 0 aliphatic rings. The van der Waals surface area contributed by atoms with Crippen LogP contribution in [-0.4, -0.2) is 34.5 Å². The van der Waals surface area contributed by atoms with Crippen molar-refractivity contribution in [3.05, 3.63) is 71.6 Å². The van der Waals surface area contributed by atoms with Crippen LogP contribution >= 0.6 is 0 Å². The van der Waals surface area contributed by atoms with Crippen molar-refractivity contribution in [2.24, 2.45) is 0 Å². The fourth-order valence-electron chi connectivity index (χ4n) is 2.28. The summed E-state index contributed by atoms with van der Waals surface area (Å²) in [7, 11) is 1.62. The zero-order valence-electron chi connectivity index (χ0n) is 13.4. The molecule has 128 valence electrons. The molecule has 3 aromatic rings. The van der Waals surface area contributed by atoms with Crippen LogP contribution < -0.4 is 0 Å². The summed E-state index contributed by atoms with van der Waals surface area (Å²) in [5, 5.41) is 3.86. The highest BCUT2D eigenvalue weighted by molar-refractivity contribution is 5.94. The lowest BCUT2D eigenvalue weighted by Crippen LogP contribution is -2.29. The molecular formula is C18H15F2N3O2. The first kappa shape index (κ1) is 16.8. The fraction of sp³-hybridized carbons (Fsp3) is 0.167. The van der Waals surface area contributed by atoms with Gasteiger partial charge in [0.25, 0.3) is 11.8 Å². The Morgan fingerprint density at radius 3 is 2.60 bits per heavy atom. The van der Waals surface area contributed by atoms with Crippen molar-refractivity contribution in [3.63, 3.8) is 0 Å². The number of rotatable bonds is 5. The van der Waals surface area contributed by atoms with Crippen LogP contribution in [0.5, 0.6) is 0 Å². The van der Waals surface area contributed by atoms with Crippen molar-refractivity contribution in [2.45, 2.75) is 6.42 Å². The molecule has 1 aromatic heterocycles. The number of nitrogens with zero attached hydrogens (tertiary/aromatic N) is 3. The summed E-state index contributed by atoms with van der Waals surface area (Å²) >= 11 is 0. The molecule has 0 fully saturated rings. The van der Waals surface area contributed by atoms with Crippen molar-refractivity contribution in [1.82, 2.24) is 15.0 Å². The van der Waals surface area contributed by atoms with Gasteiger partial charge in [-0.3, -0.25) is 4.79 Å². The molecular weight excluding hydrogens is 328 g/mol. The topological polar surface area (TPSA) is 59.2 Å². The van der Waals surface area contributed by atoms with Gasteiger partial charge in [0, 0.05) is 31.1 Å². The molecule has 5 nitrogen and oxygen atoms in total. The zero-order chi connectivity index (χ0) is 17.8. The lowest BCUT2D eigenvalue weighted by atomic mass is 10.2. The molecule has 0 bridgehead atoms. The molecule has 0 saturated carbocycles. The predicted molar refractivity (Wildman–Crippen MR) is 86.8 cm³/mol. The highest BCUT2D eigenvalue weighted by Crippen LogP contribution is 2.17. The molecule has 0 aliphatic carbocycles. The summed E-state index contributed by atoms with van der Waals surface area (Å²) in [6.07, 6.45) is 0.377. The van der Waals surface area contributed by atoms with Gasteiger partial charge in [0.1, 0.15) is 11.6 Å². The smallest absolute Gasteiger partial charge is 0.257 e. The van der Waals surface area contributed by atoms with Crippen LogP contribution in [0, 0.1) is 11.6 Å². The van der Waals surface area contributed by atoms with Crippen molar-refractivity contribution >= 4 is 5.91 Å². The molecule has 3 rings (SSSR count). The summed E-state index contributed by atoms with van der Waals surface area (Å²) in [5.41, 5.74) is 0.895. The Labute approximate surface area is 142 Å². The minimum atomic E-state index is -0.457. The van der Waals surface area contributed by atoms with Crippen LogP contribution in [0.1, 0.15) is 16.2 Å². The minimum Gasteiger partial charge on any atom is -0.341 e. The molecule has 0 spiro atoms. The molecule has 1 amide bonds. The van der Waals surface area contributed by atoms with E-state index in [1.165, 1.54) is 35.2 Å². The maximum absolute atomic E-state index is 13.2. The second-order valence-electron chi connectivity index (χ2n) is 5.51. The molecule has 0 aliphatic heterocycles. The summed E-state index contributed by atoms with van der Waals surface area (Å²) < 4.78 is 31.3. The highest BCUT2D eigenvalue weighted by atomic mass is 19.1. The van der Waals surface area contributed by atoms with Crippen LogP contribution in [0.3, 0.4) is 0 Å². The number of benzene rings is 2. The van der Waals surface area contributed by atoms with Crippen molar-refractivity contribution in [3.8, 4) is 11.5 Å². The van der Waals surface area contributed by atoms with Crippen LogP contribution in [0.15, 0.2) is 53.1 Å². The Morgan fingerprint density at radius 1 is 1.12 bits per heavy atom. The summed E-state index contributed by atoms with van der Waals surface area (Å²) in [6, 6.07) is 11.2. The lowest BCUT2D eigenvalue weighted by Gasteiger charge is -2.16. The van der Waals surface area contributed by atoms with Gasteiger partial charge < -0.3 is 9.42 Å². The largest absolute Gasteiger partial charge is 0.341 e. The van der Waals surface area contributed by atoms with Crippen molar-refractivity contribution in [2.75, 3.05) is 13.6 Å². The second-order valence-corrected chi connectivity index (χ2v) is 5.51. The number of hydrogen-bond donors (Lipinski definition) is 0. The van der Waals surface area contributed by atoms with Crippen molar-refractivity contribution < 1.29 is 18.1 Å². The number of likely N-dealkylation sites (N-methyl/N-ethyl adjacent to an activating group) is 1. The first-order chi connectivity index (χ1) is 12.0. The van der Waals surface area contributed by atoms with Crippen LogP contribution in [-0.2, 0) is 6.42 Å². The molecule has 2 aromatic carbocycles. The second kappa shape index (κ2) is 7.21. The highest BCUT2D eigenvalue weighted by Gasteiger charge is 2.14. The van der Waals surface area contributed by atoms with E-state index in [2.05, 4.69) is 10.1 Å². The maximum atomic E-state index is 13.2. The minimum absolute atomic E-state index is 0.280. The van der Waals surface area contributed by atoms with Crippen LogP contribution in [0.4, 0.5) is 8.78 Å². The van der Waals surface area contributed by atoms with E-state index in [-0.39, 0.29) is 23.2 Å². The van der Waals surface area contributed by atoms with Gasteiger partial charge in [0.15, 0.2) is 5.82 Å². The lowest BCUT2D eigenvalue weighted by molar-refractivity contribution is 0.0795. The molecule has 25 heavy (non-hydrogen) atoms. The SMILES string of the molecule is CN(CCc1noc(-c2ccc(F)cc2)n1)C(=O)c1cccc(F)c1. The Bertz CT molecular complexity index is 878. The third kappa shape index (κ3) is 4.06. The normalized spacial score (nSPS) is 10.7. The van der Waals surface area contributed by atoms with E-state index in [0.29, 0.717) is 24.4 Å². The first-order valence-corrected chi connectivity index (χ1v) is 7.62. The van der Waals surface area contributed by atoms with E-state index in [0.717, 1.165) is 0 Å². The van der Waals surface area contributed by atoms with Gasteiger partial charge in [0.05, 0.1) is 0 Å². The molecule has 0 N–H and O–H groups in total. The number of halogens is 2. The average molecular weight is 343 g/mol. The predicted octanol–water partition coefficient (Wildman–Crippen LogP) is 3.33. The van der Waals surface area contributed by atoms with Gasteiger partial charge in [-0.1, -0.05) is 11.2 Å². The van der Waals surface area contributed by atoms with E-state index in [1.54, 1.807) is 25.2 Å². The van der Waals surface area contributed by atoms with Gasteiger partial charge in [-0.25, -0.2) is 8.78 Å². The number of aromatic nitrogens is 2. The molecule has 0 radical (unpaired) electrons. The Balaban J connectivity index is 1.62. The number of carbonyl (C=O) groups excluding carboxylic acids is 1. The Morgan fingerprint density at radius 2 is 1.88 bits per heavy atom. The van der Waals surface area contributed by atoms with Crippen LogP contribution in [0.25, 0.3) is 11.5 Å². The summed E-state index contributed by atoms with van der Waals surface area (Å²) in [4.78, 5) is 17.9. The monoisotopic (exact) mass is 343 g/mol. The van der Waals surface area contributed by atoms with Crippen LogP contribution in [0.2, 0.25) is 0 Å². The number of carbonyl (C=O) groups is 1. The fourth-order valence-corrected chi connectivity index (χ4v) is 2.28. The van der Waals surface area contributed by atoms with E-state index >= 15 is 0 Å². The van der Waals surface area contributed by atoms with E-state index in [1.807, 2.05) is 0 Å². The van der Waals surface area contributed by atoms with Gasteiger partial charge >= 0.3 is 0 Å². The quantitative estimate of drug-likeness (QED) is 0.713. The van der Waals surface area contributed by atoms with Crippen molar-refractivity contribution in [1.29, 1.82) is 0 Å². The number of amides is 1. The summed E-state index contributed by atoms with van der Waals surface area (Å²) in [6.45, 7) is 0.345. The molecule has 7 heteroatoms. The first-order valence-electron chi connectivity index (χ1n) is 7.62. The van der Waals surface area contributed by atoms with E-state index in [9.17, 15) is 13.6 Å². The van der Waals surface area contributed by atoms with Gasteiger partial charge in [0.2, 0.25) is 0 Å². The van der Waals surface area contributed by atoms with Gasteiger partial charge in [-0.05, 0) is 42.5 Å². The third-order valence-electron chi connectivity index (χ3n) is 3.65. The molecule has 1 heterocycles.